The summed E-state index contributed by atoms with van der Waals surface area (Å²) in [6.45, 7) is 6.89. The van der Waals surface area contributed by atoms with E-state index in [-0.39, 0.29) is 28.7 Å². The van der Waals surface area contributed by atoms with E-state index in [0.717, 1.165) is 11.3 Å². The lowest BCUT2D eigenvalue weighted by atomic mass is 9.85. The van der Waals surface area contributed by atoms with Crippen molar-refractivity contribution in [3.8, 4) is 5.75 Å². The standard InChI is InChI=1S/C23H30N2O4S/c1-23(2,3)20-9-5-6-10-21(20)24-22(26)17-8-7-15-25(16-17)30(27,28)19-13-11-18(29-4)12-14-19/h5-6,9-14,17H,7-8,15-16H2,1-4H3,(H,24,26). The van der Waals surface area contributed by atoms with Gasteiger partial charge >= 0.3 is 0 Å². The van der Waals surface area contributed by atoms with Crippen LogP contribution in [0, 0.1) is 5.92 Å². The second kappa shape index (κ2) is 8.78. The van der Waals surface area contributed by atoms with E-state index in [1.807, 2.05) is 24.3 Å². The Labute approximate surface area is 179 Å². The average molecular weight is 431 g/mol. The molecule has 1 heterocycles. The highest BCUT2D eigenvalue weighted by atomic mass is 32.2. The number of benzene rings is 2. The number of piperidine rings is 1. The predicted molar refractivity (Wildman–Crippen MR) is 118 cm³/mol. The number of rotatable bonds is 5. The molecule has 1 amide bonds. The molecular weight excluding hydrogens is 400 g/mol. The van der Waals surface area contributed by atoms with Gasteiger partial charge in [0.15, 0.2) is 0 Å². The third kappa shape index (κ3) is 4.84. The number of carbonyl (C=O) groups excluding carboxylic acids is 1. The molecule has 7 heteroatoms. The summed E-state index contributed by atoms with van der Waals surface area (Å²) in [4.78, 5) is 13.2. The minimum Gasteiger partial charge on any atom is -0.497 e. The molecule has 1 aliphatic rings. The van der Waals surface area contributed by atoms with Gasteiger partial charge in [0.25, 0.3) is 0 Å². The van der Waals surface area contributed by atoms with Crippen molar-refractivity contribution >= 4 is 21.6 Å². The second-order valence-electron chi connectivity index (χ2n) is 8.66. The molecule has 0 aliphatic carbocycles. The van der Waals surface area contributed by atoms with Gasteiger partial charge < -0.3 is 10.1 Å². The first-order valence-electron chi connectivity index (χ1n) is 10.2. The Balaban J connectivity index is 1.75. The van der Waals surface area contributed by atoms with E-state index >= 15 is 0 Å². The molecule has 30 heavy (non-hydrogen) atoms. The molecule has 2 aromatic carbocycles. The lowest BCUT2D eigenvalue weighted by Crippen LogP contribution is -2.43. The van der Waals surface area contributed by atoms with Crippen LogP contribution in [0.5, 0.6) is 5.75 Å². The van der Waals surface area contributed by atoms with Crippen LogP contribution in [0.15, 0.2) is 53.4 Å². The first-order chi connectivity index (χ1) is 14.1. The first-order valence-corrected chi connectivity index (χ1v) is 11.6. The van der Waals surface area contributed by atoms with Crippen LogP contribution in [-0.2, 0) is 20.2 Å². The van der Waals surface area contributed by atoms with Crippen molar-refractivity contribution in [2.45, 2.75) is 43.9 Å². The zero-order valence-corrected chi connectivity index (χ0v) is 18.8. The van der Waals surface area contributed by atoms with E-state index in [2.05, 4.69) is 26.1 Å². The van der Waals surface area contributed by atoms with Crippen LogP contribution in [0.2, 0.25) is 0 Å². The van der Waals surface area contributed by atoms with Crippen molar-refractivity contribution in [2.75, 3.05) is 25.5 Å². The van der Waals surface area contributed by atoms with E-state index in [1.165, 1.54) is 23.5 Å². The maximum atomic E-state index is 13.1. The van der Waals surface area contributed by atoms with E-state index in [0.29, 0.717) is 25.1 Å². The average Bonchev–Trinajstić information content (AvgIpc) is 2.73. The fraction of sp³-hybridized carbons (Fsp3) is 0.435. The fourth-order valence-electron chi connectivity index (χ4n) is 3.75. The van der Waals surface area contributed by atoms with Crippen LogP contribution in [0.4, 0.5) is 5.69 Å². The molecule has 2 aromatic rings. The van der Waals surface area contributed by atoms with Gasteiger partial charge in [0.1, 0.15) is 5.75 Å². The molecule has 1 atom stereocenters. The molecule has 1 N–H and O–H groups in total. The zero-order valence-electron chi connectivity index (χ0n) is 18.0. The Hall–Kier alpha value is -2.38. The van der Waals surface area contributed by atoms with E-state index in [1.54, 1.807) is 12.1 Å². The smallest absolute Gasteiger partial charge is 0.243 e. The number of methoxy groups -OCH3 is 1. The predicted octanol–water partition coefficient (Wildman–Crippen LogP) is 4.03. The van der Waals surface area contributed by atoms with Gasteiger partial charge in [0, 0.05) is 18.8 Å². The zero-order chi connectivity index (χ0) is 21.9. The topological polar surface area (TPSA) is 75.7 Å². The van der Waals surface area contributed by atoms with Crippen molar-refractivity contribution in [2.24, 2.45) is 5.92 Å². The third-order valence-electron chi connectivity index (χ3n) is 5.45. The molecule has 1 aliphatic heterocycles. The lowest BCUT2D eigenvalue weighted by molar-refractivity contribution is -0.120. The number of hydrogen-bond acceptors (Lipinski definition) is 4. The normalized spacial score (nSPS) is 18.1. The summed E-state index contributed by atoms with van der Waals surface area (Å²) < 4.78 is 32.6. The number of anilines is 1. The van der Waals surface area contributed by atoms with Gasteiger partial charge in [-0.15, -0.1) is 0 Å². The van der Waals surface area contributed by atoms with Crippen LogP contribution in [-0.4, -0.2) is 38.8 Å². The van der Waals surface area contributed by atoms with Crippen LogP contribution >= 0.6 is 0 Å². The number of nitrogens with one attached hydrogen (secondary N) is 1. The molecule has 1 saturated heterocycles. The van der Waals surface area contributed by atoms with Gasteiger partial charge in [-0.1, -0.05) is 39.0 Å². The van der Waals surface area contributed by atoms with Crippen LogP contribution < -0.4 is 10.1 Å². The molecule has 3 rings (SSSR count). The Morgan fingerprint density at radius 1 is 1.10 bits per heavy atom. The Bertz CT molecular complexity index is 995. The molecule has 0 radical (unpaired) electrons. The quantitative estimate of drug-likeness (QED) is 0.777. The Morgan fingerprint density at radius 3 is 2.40 bits per heavy atom. The summed E-state index contributed by atoms with van der Waals surface area (Å²) >= 11 is 0. The summed E-state index contributed by atoms with van der Waals surface area (Å²) in [5, 5.41) is 3.04. The highest BCUT2D eigenvalue weighted by Crippen LogP contribution is 2.31. The number of para-hydroxylation sites is 1. The van der Waals surface area contributed by atoms with Crippen LogP contribution in [0.3, 0.4) is 0 Å². The summed E-state index contributed by atoms with van der Waals surface area (Å²) in [6, 6.07) is 14.1. The molecule has 0 aromatic heterocycles. The van der Waals surface area contributed by atoms with Crippen molar-refractivity contribution in [3.05, 3.63) is 54.1 Å². The van der Waals surface area contributed by atoms with E-state index in [4.69, 9.17) is 4.74 Å². The van der Waals surface area contributed by atoms with Crippen molar-refractivity contribution in [3.63, 3.8) is 0 Å². The molecule has 0 bridgehead atoms. The van der Waals surface area contributed by atoms with Gasteiger partial charge in [-0.3, -0.25) is 4.79 Å². The monoisotopic (exact) mass is 430 g/mol. The van der Waals surface area contributed by atoms with Crippen LogP contribution in [0.1, 0.15) is 39.2 Å². The summed E-state index contributed by atoms with van der Waals surface area (Å²) in [5.74, 6) is 0.0727. The molecule has 6 nitrogen and oxygen atoms in total. The van der Waals surface area contributed by atoms with Gasteiger partial charge in [0.05, 0.1) is 17.9 Å². The maximum Gasteiger partial charge on any atom is 0.243 e. The number of sulfonamides is 1. The van der Waals surface area contributed by atoms with Gasteiger partial charge in [0.2, 0.25) is 15.9 Å². The number of amides is 1. The summed E-state index contributed by atoms with van der Waals surface area (Å²) in [6.07, 6.45) is 1.31. The minimum atomic E-state index is -3.66. The number of nitrogens with zero attached hydrogens (tertiary/aromatic N) is 1. The Kier molecular flexibility index (Phi) is 6.53. The fourth-order valence-corrected chi connectivity index (χ4v) is 5.28. The van der Waals surface area contributed by atoms with Crippen molar-refractivity contribution in [1.82, 2.24) is 4.31 Å². The highest BCUT2D eigenvalue weighted by Gasteiger charge is 2.33. The third-order valence-corrected chi connectivity index (χ3v) is 7.32. The molecule has 0 saturated carbocycles. The molecule has 1 unspecified atom stereocenters. The van der Waals surface area contributed by atoms with Gasteiger partial charge in [-0.05, 0) is 54.2 Å². The molecule has 0 spiro atoms. The van der Waals surface area contributed by atoms with Crippen LogP contribution in [0.25, 0.3) is 0 Å². The van der Waals surface area contributed by atoms with Gasteiger partial charge in [-0.25, -0.2) is 8.42 Å². The van der Waals surface area contributed by atoms with Crippen molar-refractivity contribution in [1.29, 1.82) is 0 Å². The van der Waals surface area contributed by atoms with E-state index < -0.39 is 10.0 Å². The van der Waals surface area contributed by atoms with Crippen molar-refractivity contribution < 1.29 is 17.9 Å². The largest absolute Gasteiger partial charge is 0.497 e. The highest BCUT2D eigenvalue weighted by molar-refractivity contribution is 7.89. The number of hydrogen-bond donors (Lipinski definition) is 1. The number of ether oxygens (including phenoxy) is 1. The summed E-state index contributed by atoms with van der Waals surface area (Å²) in [7, 11) is -2.12. The maximum absolute atomic E-state index is 13.1. The molecule has 162 valence electrons. The van der Waals surface area contributed by atoms with E-state index in [9.17, 15) is 13.2 Å². The van der Waals surface area contributed by atoms with Gasteiger partial charge in [-0.2, -0.15) is 4.31 Å². The summed E-state index contributed by atoms with van der Waals surface area (Å²) in [5.41, 5.74) is 1.72. The first kappa shape index (κ1) is 22.3. The molecule has 1 fully saturated rings. The second-order valence-corrected chi connectivity index (χ2v) is 10.6. The lowest BCUT2D eigenvalue weighted by Gasteiger charge is -2.32. The SMILES string of the molecule is COc1ccc(S(=O)(=O)N2CCCC(C(=O)Nc3ccccc3C(C)(C)C)C2)cc1. The Morgan fingerprint density at radius 2 is 1.77 bits per heavy atom. The molecular formula is C23H30N2O4S. The number of carbonyl (C=O) groups is 1. The minimum absolute atomic E-state index is 0.111.